The van der Waals surface area contributed by atoms with Crippen LogP contribution < -0.4 is 44.1 Å². The van der Waals surface area contributed by atoms with Gasteiger partial charge < -0.3 is 19.4 Å². The van der Waals surface area contributed by atoms with E-state index in [-0.39, 0.29) is 36.0 Å². The van der Waals surface area contributed by atoms with Crippen molar-refractivity contribution >= 4 is 27.6 Å². The first-order valence-electron chi connectivity index (χ1n) is 14.0. The van der Waals surface area contributed by atoms with Crippen molar-refractivity contribution in [1.29, 1.82) is 0 Å². The molecular formula is C37H30NNaO4. The second-order valence-corrected chi connectivity index (χ2v) is 10.6. The summed E-state index contributed by atoms with van der Waals surface area (Å²) < 4.78 is 12.2. The predicted molar refractivity (Wildman–Crippen MR) is 164 cm³/mol. The molecule has 0 aliphatic rings. The zero-order valence-corrected chi connectivity index (χ0v) is 26.3. The fourth-order valence-electron chi connectivity index (χ4n) is 5.33. The van der Waals surface area contributed by atoms with Gasteiger partial charge in [0, 0.05) is 16.8 Å². The Bertz CT molecular complexity index is 1850. The van der Waals surface area contributed by atoms with Gasteiger partial charge >= 0.3 is 29.6 Å². The maximum atomic E-state index is 11.5. The minimum Gasteiger partial charge on any atom is -0.550 e. The first-order valence-corrected chi connectivity index (χ1v) is 14.0. The summed E-state index contributed by atoms with van der Waals surface area (Å²) in [5.41, 5.74) is 3.21. The third-order valence-electron chi connectivity index (χ3n) is 7.81. The van der Waals surface area contributed by atoms with Crippen molar-refractivity contribution in [2.75, 3.05) is 0 Å². The minimum absolute atomic E-state index is 0. The Morgan fingerprint density at radius 2 is 1.28 bits per heavy atom. The number of ether oxygens (including phenoxy) is 2. The molecule has 5 nitrogen and oxygen atoms in total. The number of carboxylic acid groups (broad SMARTS) is 1. The summed E-state index contributed by atoms with van der Waals surface area (Å²) in [4.78, 5) is 16.1. The molecular weight excluding hydrogens is 545 g/mol. The van der Waals surface area contributed by atoms with Crippen LogP contribution in [0.15, 0.2) is 127 Å². The summed E-state index contributed by atoms with van der Waals surface area (Å²) in [7, 11) is 0. The summed E-state index contributed by atoms with van der Waals surface area (Å²) >= 11 is 0. The number of carbonyl (C=O) groups is 1. The summed E-state index contributed by atoms with van der Waals surface area (Å²) in [6.45, 7) is 2.41. The van der Waals surface area contributed by atoms with Gasteiger partial charge in [-0.2, -0.15) is 0 Å². The number of hydrogen-bond donors (Lipinski definition) is 0. The molecule has 6 aromatic rings. The topological polar surface area (TPSA) is 71.5 Å². The number of carboxylic acids is 1. The van der Waals surface area contributed by atoms with Crippen molar-refractivity contribution in [3.05, 3.63) is 144 Å². The van der Waals surface area contributed by atoms with E-state index >= 15 is 0 Å². The first kappa shape index (κ1) is 30.3. The van der Waals surface area contributed by atoms with Crippen molar-refractivity contribution in [3.63, 3.8) is 0 Å². The Hall–Kier alpha value is -4.16. The van der Waals surface area contributed by atoms with Crippen LogP contribution in [0.4, 0.5) is 0 Å². The van der Waals surface area contributed by atoms with E-state index in [0.717, 1.165) is 50.0 Å². The van der Waals surface area contributed by atoms with E-state index in [1.54, 1.807) is 0 Å². The molecule has 208 valence electrons. The molecule has 1 aromatic heterocycles. The van der Waals surface area contributed by atoms with Crippen LogP contribution in [0.25, 0.3) is 21.7 Å². The van der Waals surface area contributed by atoms with Crippen LogP contribution in [0.5, 0.6) is 17.2 Å². The summed E-state index contributed by atoms with van der Waals surface area (Å²) in [5, 5.41) is 14.8. The van der Waals surface area contributed by atoms with Gasteiger partial charge in [-0.15, -0.1) is 0 Å². The Morgan fingerprint density at radius 1 is 0.698 bits per heavy atom. The number of rotatable bonds is 10. The Morgan fingerprint density at radius 3 is 1.98 bits per heavy atom. The maximum absolute atomic E-state index is 11.5. The third kappa shape index (κ3) is 7.08. The van der Waals surface area contributed by atoms with Gasteiger partial charge in [0.05, 0.1) is 11.2 Å². The number of benzene rings is 5. The molecule has 0 aliphatic heterocycles. The molecule has 1 heterocycles. The third-order valence-corrected chi connectivity index (χ3v) is 7.81. The molecule has 6 heteroatoms. The van der Waals surface area contributed by atoms with Crippen LogP contribution in [0, 0.1) is 0 Å². The predicted octanol–water partition coefficient (Wildman–Crippen LogP) is 4.60. The maximum Gasteiger partial charge on any atom is 1.00 e. The van der Waals surface area contributed by atoms with Crippen LogP contribution in [-0.2, 0) is 16.8 Å². The Labute approximate surface area is 273 Å². The van der Waals surface area contributed by atoms with E-state index in [0.29, 0.717) is 18.8 Å². The quantitative estimate of drug-likeness (QED) is 0.223. The van der Waals surface area contributed by atoms with Crippen molar-refractivity contribution in [1.82, 2.24) is 4.98 Å². The summed E-state index contributed by atoms with van der Waals surface area (Å²) in [6, 6.07) is 41.9. The second-order valence-electron chi connectivity index (χ2n) is 10.6. The summed E-state index contributed by atoms with van der Waals surface area (Å²) in [5.74, 6) is 1.12. The van der Waals surface area contributed by atoms with Gasteiger partial charge in [0.15, 0.2) is 0 Å². The van der Waals surface area contributed by atoms with Crippen LogP contribution in [0.2, 0.25) is 0 Å². The van der Waals surface area contributed by atoms with E-state index in [2.05, 4.69) is 24.0 Å². The molecule has 0 radical (unpaired) electrons. The summed E-state index contributed by atoms with van der Waals surface area (Å²) in [6.07, 6.45) is 0.332. The fraction of sp³-hybridized carbons (Fsp3) is 0.135. The van der Waals surface area contributed by atoms with Crippen molar-refractivity contribution in [2.24, 2.45) is 0 Å². The van der Waals surface area contributed by atoms with Gasteiger partial charge in [-0.3, -0.25) is 0 Å². The van der Waals surface area contributed by atoms with E-state index in [1.165, 1.54) is 0 Å². The van der Waals surface area contributed by atoms with Crippen molar-refractivity contribution in [3.8, 4) is 17.2 Å². The Kier molecular flexibility index (Phi) is 9.46. The van der Waals surface area contributed by atoms with E-state index in [9.17, 15) is 9.90 Å². The molecule has 0 bridgehead atoms. The molecule has 0 spiro atoms. The molecule has 1 unspecified atom stereocenters. The number of carbonyl (C=O) groups excluding carboxylic acids is 1. The number of para-hydroxylation sites is 1. The molecule has 0 fully saturated rings. The average molecular weight is 576 g/mol. The standard InChI is InChI=1S/C37H31NO4.Na/c1-37(23-22-36(39)40,30-14-20-33(21-15-30)42-34-17-11-26-6-2-3-8-28(26)24-34)29-12-18-32(19-13-29)41-25-31-16-10-27-7-4-5-9-35(27)38-31;/h2-21,24H,22-23,25H2,1H3,(H,39,40);/q;+1/p-1. The minimum atomic E-state index is -1.07. The molecule has 0 saturated heterocycles. The normalized spacial score (nSPS) is 12.3. The monoisotopic (exact) mass is 575 g/mol. The van der Waals surface area contributed by atoms with Crippen LogP contribution in [-0.4, -0.2) is 11.0 Å². The molecule has 6 rings (SSSR count). The SMILES string of the molecule is CC(CCC(=O)[O-])(c1ccc(OCc2ccc3ccccc3n2)cc1)c1ccc(Oc2ccc3ccccc3c2)cc1.[Na+]. The largest absolute Gasteiger partial charge is 1.00 e. The van der Waals surface area contributed by atoms with Gasteiger partial charge in [-0.25, -0.2) is 4.98 Å². The van der Waals surface area contributed by atoms with Gasteiger partial charge in [0.25, 0.3) is 0 Å². The van der Waals surface area contributed by atoms with E-state index in [4.69, 9.17) is 9.47 Å². The molecule has 1 atom stereocenters. The molecule has 0 amide bonds. The van der Waals surface area contributed by atoms with Crippen molar-refractivity contribution in [2.45, 2.75) is 31.8 Å². The molecule has 0 saturated carbocycles. The number of aliphatic carboxylic acids is 1. The van der Waals surface area contributed by atoms with Gasteiger partial charge in [-0.1, -0.05) is 85.8 Å². The van der Waals surface area contributed by atoms with Crippen LogP contribution in [0.3, 0.4) is 0 Å². The number of nitrogens with zero attached hydrogens (tertiary/aromatic N) is 1. The van der Waals surface area contributed by atoms with Gasteiger partial charge in [0.1, 0.15) is 23.9 Å². The van der Waals surface area contributed by atoms with Crippen molar-refractivity contribution < 1.29 is 48.9 Å². The van der Waals surface area contributed by atoms with Gasteiger partial charge in [0.2, 0.25) is 0 Å². The Balaban J connectivity index is 0.00000368. The number of hydrogen-bond acceptors (Lipinski definition) is 5. The van der Waals surface area contributed by atoms with E-state index < -0.39 is 11.4 Å². The first-order chi connectivity index (χ1) is 20.5. The number of fused-ring (bicyclic) bond motifs is 2. The second kappa shape index (κ2) is 13.4. The molecule has 43 heavy (non-hydrogen) atoms. The smallest absolute Gasteiger partial charge is 0.550 e. The molecule has 5 aromatic carbocycles. The average Bonchev–Trinajstić information content (AvgIpc) is 3.03. The zero-order chi connectivity index (χ0) is 28.9. The molecule has 0 aliphatic carbocycles. The zero-order valence-electron chi connectivity index (χ0n) is 24.3. The van der Waals surface area contributed by atoms with Crippen LogP contribution >= 0.6 is 0 Å². The van der Waals surface area contributed by atoms with Crippen LogP contribution in [0.1, 0.15) is 36.6 Å². The molecule has 0 N–H and O–H groups in total. The van der Waals surface area contributed by atoms with E-state index in [1.807, 2.05) is 115 Å². The number of pyridine rings is 1. The fourth-order valence-corrected chi connectivity index (χ4v) is 5.33. The van der Waals surface area contributed by atoms with Gasteiger partial charge in [-0.05, 0) is 83.3 Å². The number of aromatic nitrogens is 1.